The smallest absolute Gasteiger partial charge is 0.234 e. The first-order valence-corrected chi connectivity index (χ1v) is 9.53. The van der Waals surface area contributed by atoms with E-state index in [0.717, 1.165) is 11.3 Å². The Morgan fingerprint density at radius 1 is 1.28 bits per heavy atom. The molecule has 3 aromatic rings. The summed E-state index contributed by atoms with van der Waals surface area (Å²) in [6.07, 6.45) is 0. The third-order valence-electron chi connectivity index (χ3n) is 3.58. The van der Waals surface area contributed by atoms with E-state index in [9.17, 15) is 4.79 Å². The maximum absolute atomic E-state index is 12.2. The molecule has 0 saturated carbocycles. The highest BCUT2D eigenvalue weighted by atomic mass is 79.9. The number of aromatic nitrogens is 3. The lowest BCUT2D eigenvalue weighted by Gasteiger charge is -2.08. The van der Waals surface area contributed by atoms with Gasteiger partial charge >= 0.3 is 0 Å². The lowest BCUT2D eigenvalue weighted by atomic mass is 10.2. The number of carbonyl (C=O) groups excluding carboxylic acids is 1. The van der Waals surface area contributed by atoms with Crippen molar-refractivity contribution in [2.45, 2.75) is 25.5 Å². The molecule has 0 saturated heterocycles. The second kappa shape index (κ2) is 7.88. The van der Waals surface area contributed by atoms with Crippen molar-refractivity contribution in [3.8, 4) is 11.6 Å². The van der Waals surface area contributed by atoms with E-state index >= 15 is 0 Å². The number of anilines is 1. The van der Waals surface area contributed by atoms with Gasteiger partial charge in [0.05, 0.1) is 5.75 Å². The van der Waals surface area contributed by atoms with Crippen LogP contribution >= 0.6 is 27.7 Å². The summed E-state index contributed by atoms with van der Waals surface area (Å²) in [4.78, 5) is 12.2. The molecule has 25 heavy (non-hydrogen) atoms. The van der Waals surface area contributed by atoms with Gasteiger partial charge in [-0.05, 0) is 53.5 Å². The number of para-hydroxylation sites is 1. The van der Waals surface area contributed by atoms with E-state index in [1.165, 1.54) is 11.8 Å². The van der Waals surface area contributed by atoms with Crippen molar-refractivity contribution >= 4 is 39.3 Å². The molecular formula is C17H17BrN4O2S. The molecule has 0 bridgehead atoms. The van der Waals surface area contributed by atoms with Gasteiger partial charge < -0.3 is 9.73 Å². The Bertz CT molecular complexity index is 890. The van der Waals surface area contributed by atoms with E-state index in [-0.39, 0.29) is 11.7 Å². The number of rotatable bonds is 6. The summed E-state index contributed by atoms with van der Waals surface area (Å²) in [6, 6.07) is 11.3. The van der Waals surface area contributed by atoms with Crippen LogP contribution in [0.3, 0.4) is 0 Å². The Labute approximate surface area is 158 Å². The van der Waals surface area contributed by atoms with Crippen molar-refractivity contribution in [1.29, 1.82) is 0 Å². The fourth-order valence-electron chi connectivity index (χ4n) is 2.33. The van der Waals surface area contributed by atoms with Gasteiger partial charge in [0.2, 0.25) is 11.7 Å². The Kier molecular flexibility index (Phi) is 5.60. The van der Waals surface area contributed by atoms with E-state index in [0.29, 0.717) is 28.0 Å². The number of hydrogen-bond donors (Lipinski definition) is 1. The van der Waals surface area contributed by atoms with Crippen LogP contribution in [-0.4, -0.2) is 26.4 Å². The number of nitrogens with zero attached hydrogens (tertiary/aromatic N) is 3. The molecule has 0 spiro atoms. The highest BCUT2D eigenvalue weighted by Crippen LogP contribution is 2.27. The van der Waals surface area contributed by atoms with Gasteiger partial charge in [-0.15, -0.1) is 10.2 Å². The number of aryl methyl sites for hydroxylation is 1. The molecular weight excluding hydrogens is 404 g/mol. The van der Waals surface area contributed by atoms with Crippen LogP contribution in [0.15, 0.2) is 50.6 Å². The average Bonchev–Trinajstić information content (AvgIpc) is 3.20. The minimum absolute atomic E-state index is 0.0766. The maximum Gasteiger partial charge on any atom is 0.234 e. The van der Waals surface area contributed by atoms with E-state index in [4.69, 9.17) is 4.42 Å². The second-order valence-electron chi connectivity index (χ2n) is 5.31. The van der Waals surface area contributed by atoms with E-state index < -0.39 is 0 Å². The van der Waals surface area contributed by atoms with Crippen LogP contribution in [-0.2, 0) is 11.3 Å². The molecule has 0 unspecified atom stereocenters. The largest absolute Gasteiger partial charge is 0.446 e. The third-order valence-corrected chi connectivity index (χ3v) is 4.97. The highest BCUT2D eigenvalue weighted by molar-refractivity contribution is 9.10. The molecule has 0 aliphatic rings. The van der Waals surface area contributed by atoms with Gasteiger partial charge in [0.1, 0.15) is 0 Å². The van der Waals surface area contributed by atoms with Crippen LogP contribution in [0.25, 0.3) is 11.6 Å². The number of amides is 1. The Morgan fingerprint density at radius 3 is 2.76 bits per heavy atom. The molecule has 0 atom stereocenters. The molecule has 2 heterocycles. The summed E-state index contributed by atoms with van der Waals surface area (Å²) in [7, 11) is 0. The summed E-state index contributed by atoms with van der Waals surface area (Å²) < 4.78 is 8.11. The minimum Gasteiger partial charge on any atom is -0.446 e. The first-order chi connectivity index (χ1) is 12.1. The van der Waals surface area contributed by atoms with Gasteiger partial charge in [0.15, 0.2) is 15.6 Å². The normalized spacial score (nSPS) is 10.8. The number of halogens is 1. The quantitative estimate of drug-likeness (QED) is 0.599. The predicted molar refractivity (Wildman–Crippen MR) is 102 cm³/mol. The highest BCUT2D eigenvalue weighted by Gasteiger charge is 2.17. The second-order valence-corrected chi connectivity index (χ2v) is 7.03. The van der Waals surface area contributed by atoms with Crippen molar-refractivity contribution in [3.63, 3.8) is 0 Å². The monoisotopic (exact) mass is 420 g/mol. The fraction of sp³-hybridized carbons (Fsp3) is 0.235. The molecule has 130 valence electrons. The molecule has 0 fully saturated rings. The Hall–Kier alpha value is -2.06. The van der Waals surface area contributed by atoms with E-state index in [2.05, 4.69) is 31.4 Å². The molecule has 6 nitrogen and oxygen atoms in total. The fourth-order valence-corrected chi connectivity index (χ4v) is 3.44. The number of nitrogens with one attached hydrogen (secondary N) is 1. The lowest BCUT2D eigenvalue weighted by molar-refractivity contribution is -0.113. The van der Waals surface area contributed by atoms with Crippen molar-refractivity contribution in [3.05, 3.63) is 46.6 Å². The van der Waals surface area contributed by atoms with Crippen molar-refractivity contribution in [1.82, 2.24) is 14.8 Å². The molecule has 1 aromatic carbocycles. The zero-order valence-corrected chi connectivity index (χ0v) is 16.2. The van der Waals surface area contributed by atoms with Crippen molar-refractivity contribution in [2.24, 2.45) is 0 Å². The van der Waals surface area contributed by atoms with Crippen LogP contribution in [0, 0.1) is 6.92 Å². The number of carbonyl (C=O) groups is 1. The maximum atomic E-state index is 12.2. The van der Waals surface area contributed by atoms with Gasteiger partial charge in [-0.1, -0.05) is 30.0 Å². The Morgan fingerprint density at radius 2 is 2.08 bits per heavy atom. The number of benzene rings is 1. The molecule has 2 aromatic heterocycles. The number of thioether (sulfide) groups is 1. The van der Waals surface area contributed by atoms with Crippen LogP contribution in [0.5, 0.6) is 0 Å². The van der Waals surface area contributed by atoms with Gasteiger partial charge in [-0.2, -0.15) is 0 Å². The molecule has 3 rings (SSSR count). The Balaban J connectivity index is 1.68. The zero-order valence-electron chi connectivity index (χ0n) is 13.8. The number of hydrogen-bond acceptors (Lipinski definition) is 5. The van der Waals surface area contributed by atoms with E-state index in [1.807, 2.05) is 54.8 Å². The molecule has 0 radical (unpaired) electrons. The van der Waals surface area contributed by atoms with Gasteiger partial charge in [0, 0.05) is 12.2 Å². The van der Waals surface area contributed by atoms with Crippen LogP contribution in [0.1, 0.15) is 12.5 Å². The first-order valence-electron chi connectivity index (χ1n) is 7.75. The molecule has 1 amide bonds. The lowest BCUT2D eigenvalue weighted by Crippen LogP contribution is -2.15. The topological polar surface area (TPSA) is 73.0 Å². The molecule has 0 aliphatic carbocycles. The average molecular weight is 421 g/mol. The summed E-state index contributed by atoms with van der Waals surface area (Å²) >= 11 is 4.64. The van der Waals surface area contributed by atoms with Crippen LogP contribution < -0.4 is 5.32 Å². The van der Waals surface area contributed by atoms with Crippen LogP contribution in [0.2, 0.25) is 0 Å². The van der Waals surface area contributed by atoms with Gasteiger partial charge in [-0.25, -0.2) is 0 Å². The first kappa shape index (κ1) is 17.8. The third kappa shape index (κ3) is 4.13. The minimum atomic E-state index is -0.0766. The van der Waals surface area contributed by atoms with Crippen LogP contribution in [0.4, 0.5) is 5.69 Å². The summed E-state index contributed by atoms with van der Waals surface area (Å²) in [5.74, 6) is 1.47. The molecule has 0 aliphatic heterocycles. The van der Waals surface area contributed by atoms with Crippen molar-refractivity contribution < 1.29 is 9.21 Å². The summed E-state index contributed by atoms with van der Waals surface area (Å²) in [5, 5.41) is 12.0. The van der Waals surface area contributed by atoms with Gasteiger partial charge in [-0.3, -0.25) is 9.36 Å². The van der Waals surface area contributed by atoms with Gasteiger partial charge in [0.25, 0.3) is 0 Å². The molecule has 8 heteroatoms. The number of furan rings is 1. The molecule has 1 N–H and O–H groups in total. The predicted octanol–water partition coefficient (Wildman–Crippen LogP) is 4.36. The zero-order chi connectivity index (χ0) is 17.8. The van der Waals surface area contributed by atoms with Crippen molar-refractivity contribution in [2.75, 3.05) is 11.1 Å². The standard InChI is InChI=1S/C17H17BrN4O2S/c1-3-22-16(13-8-9-14(18)24-13)20-21-17(22)25-10-15(23)19-12-7-5-4-6-11(12)2/h4-9H,3,10H2,1-2H3,(H,19,23). The summed E-state index contributed by atoms with van der Waals surface area (Å²) in [5.41, 5.74) is 1.86. The SMILES string of the molecule is CCn1c(SCC(=O)Nc2ccccc2C)nnc1-c1ccc(Br)o1. The summed E-state index contributed by atoms with van der Waals surface area (Å²) in [6.45, 7) is 4.65. The van der Waals surface area contributed by atoms with E-state index in [1.54, 1.807) is 0 Å².